The summed E-state index contributed by atoms with van der Waals surface area (Å²) in [6.07, 6.45) is 4.35. The van der Waals surface area contributed by atoms with Crippen molar-refractivity contribution in [3.05, 3.63) is 54.7 Å². The van der Waals surface area contributed by atoms with Crippen molar-refractivity contribution in [2.45, 2.75) is 44.8 Å². The molecule has 6 nitrogen and oxygen atoms in total. The second-order valence-electron chi connectivity index (χ2n) is 9.16. The average molecular weight is 413 g/mol. The smallest absolute Gasteiger partial charge is 0.149 e. The van der Waals surface area contributed by atoms with Gasteiger partial charge in [0.15, 0.2) is 0 Å². The molecule has 2 fully saturated rings. The molecule has 4 aromatic rings. The fourth-order valence-corrected chi connectivity index (χ4v) is 4.97. The molecule has 0 spiro atoms. The highest BCUT2D eigenvalue weighted by Gasteiger charge is 2.26. The van der Waals surface area contributed by atoms with Crippen molar-refractivity contribution in [2.75, 3.05) is 18.0 Å². The van der Waals surface area contributed by atoms with Crippen LogP contribution < -0.4 is 15.5 Å². The van der Waals surface area contributed by atoms with Gasteiger partial charge < -0.3 is 15.5 Å². The second kappa shape index (κ2) is 6.95. The van der Waals surface area contributed by atoms with Crippen molar-refractivity contribution >= 4 is 39.1 Å². The second-order valence-corrected chi connectivity index (χ2v) is 9.16. The maximum atomic E-state index is 4.98. The molecule has 2 atom stereocenters. The Morgan fingerprint density at radius 1 is 1.10 bits per heavy atom. The Kier molecular flexibility index (Phi) is 4.18. The lowest BCUT2D eigenvalue weighted by atomic mass is 10.1. The minimum absolute atomic E-state index is 0.441. The molecule has 2 aliphatic rings. The van der Waals surface area contributed by atoms with Crippen LogP contribution in [0.15, 0.2) is 49.2 Å². The minimum Gasteiger partial charge on any atom is -0.382 e. The van der Waals surface area contributed by atoms with Crippen molar-refractivity contribution in [3.63, 3.8) is 0 Å². The van der Waals surface area contributed by atoms with Crippen LogP contribution in [0.4, 0.5) is 5.69 Å². The summed E-state index contributed by atoms with van der Waals surface area (Å²) < 4.78 is 2.21. The van der Waals surface area contributed by atoms with E-state index in [1.807, 2.05) is 12.3 Å². The number of nitrogens with one attached hydrogen (secondary N) is 2. The molecule has 1 aliphatic heterocycles. The van der Waals surface area contributed by atoms with Crippen molar-refractivity contribution in [1.82, 2.24) is 25.0 Å². The number of rotatable bonds is 4. The van der Waals surface area contributed by atoms with Crippen LogP contribution in [-0.4, -0.2) is 45.6 Å². The lowest BCUT2D eigenvalue weighted by Crippen LogP contribution is -2.54. The molecule has 1 saturated heterocycles. The minimum atomic E-state index is 0.441. The number of fused-ring (bicyclic) bond motifs is 5. The number of hydrogen-bond acceptors (Lipinski definition) is 5. The summed E-state index contributed by atoms with van der Waals surface area (Å²) in [5.41, 5.74) is 7.15. The molecule has 31 heavy (non-hydrogen) atoms. The Labute approximate surface area is 182 Å². The molecule has 1 saturated carbocycles. The van der Waals surface area contributed by atoms with Crippen LogP contribution in [0.5, 0.6) is 0 Å². The fraction of sp³-hybridized carbons (Fsp3) is 0.360. The van der Waals surface area contributed by atoms with Gasteiger partial charge in [-0.2, -0.15) is 0 Å². The number of benzene rings is 1. The number of anilines is 1. The number of para-hydroxylation sites is 2. The lowest BCUT2D eigenvalue weighted by molar-refractivity contribution is 0.407. The molecule has 1 aromatic carbocycles. The van der Waals surface area contributed by atoms with Gasteiger partial charge in [0.05, 0.1) is 11.0 Å². The lowest BCUT2D eigenvalue weighted by Gasteiger charge is -2.38. The first kappa shape index (κ1) is 18.6. The van der Waals surface area contributed by atoms with Gasteiger partial charge in [-0.25, -0.2) is 9.97 Å². The van der Waals surface area contributed by atoms with Crippen LogP contribution in [0.2, 0.25) is 0 Å². The zero-order chi connectivity index (χ0) is 21.1. The molecule has 0 unspecified atom stereocenters. The Morgan fingerprint density at radius 3 is 2.65 bits per heavy atom. The van der Waals surface area contributed by atoms with E-state index in [1.54, 1.807) is 0 Å². The monoisotopic (exact) mass is 412 g/mol. The molecule has 158 valence electrons. The largest absolute Gasteiger partial charge is 0.382 e. The first-order chi connectivity index (χ1) is 15.1. The quantitative estimate of drug-likeness (QED) is 0.532. The van der Waals surface area contributed by atoms with Crippen molar-refractivity contribution in [3.8, 4) is 0 Å². The van der Waals surface area contributed by atoms with Crippen LogP contribution in [0.1, 0.15) is 32.3 Å². The summed E-state index contributed by atoms with van der Waals surface area (Å²) in [7, 11) is 0. The number of hydrogen-bond donors (Lipinski definition) is 2. The SMILES string of the molecule is C=C(NC1CC1)c1cc2c(N3C[C@@H](C)N[C@@H](C)C3)ccnc2n2c1nc1ccccc12. The molecule has 0 amide bonds. The maximum Gasteiger partial charge on any atom is 0.149 e. The molecule has 2 N–H and O–H groups in total. The van der Waals surface area contributed by atoms with Gasteiger partial charge >= 0.3 is 0 Å². The van der Waals surface area contributed by atoms with E-state index in [1.165, 1.54) is 18.5 Å². The van der Waals surface area contributed by atoms with Crippen LogP contribution in [0, 0.1) is 0 Å². The summed E-state index contributed by atoms with van der Waals surface area (Å²) in [5.74, 6) is 0. The maximum absolute atomic E-state index is 4.98. The third-order valence-corrected chi connectivity index (χ3v) is 6.43. The van der Waals surface area contributed by atoms with E-state index in [0.29, 0.717) is 18.1 Å². The highest BCUT2D eigenvalue weighted by molar-refractivity contribution is 5.99. The summed E-state index contributed by atoms with van der Waals surface area (Å²) >= 11 is 0. The first-order valence-corrected chi connectivity index (χ1v) is 11.2. The molecule has 6 heteroatoms. The summed E-state index contributed by atoms with van der Waals surface area (Å²) in [5, 5.41) is 8.38. The highest BCUT2D eigenvalue weighted by Crippen LogP contribution is 2.34. The Morgan fingerprint density at radius 2 is 1.87 bits per heavy atom. The number of piperazine rings is 1. The fourth-order valence-electron chi connectivity index (χ4n) is 4.97. The third-order valence-electron chi connectivity index (χ3n) is 6.43. The van der Waals surface area contributed by atoms with Crippen LogP contribution in [0.25, 0.3) is 33.4 Å². The predicted molar refractivity (Wildman–Crippen MR) is 127 cm³/mol. The standard InChI is InChI=1S/C25H28N6/c1-15-13-30(14-16(2)27-15)22-10-11-26-24-20(22)12-19(17(3)28-18-8-9-18)25-29-21-6-4-5-7-23(21)31(24)25/h4-7,10-12,15-16,18,27-28H,3,8-9,13-14H2,1-2H3/t15-,16+. The predicted octanol–water partition coefficient (Wildman–Crippen LogP) is 3.95. The van der Waals surface area contributed by atoms with Gasteiger partial charge in [-0.15, -0.1) is 0 Å². The van der Waals surface area contributed by atoms with Gasteiger partial charge in [0.2, 0.25) is 0 Å². The number of nitrogens with zero attached hydrogens (tertiary/aromatic N) is 4. The zero-order valence-electron chi connectivity index (χ0n) is 18.1. The summed E-state index contributed by atoms with van der Waals surface area (Å²) in [4.78, 5) is 12.3. The molecule has 3 aromatic heterocycles. The van der Waals surface area contributed by atoms with Gasteiger partial charge in [-0.3, -0.25) is 4.40 Å². The summed E-state index contributed by atoms with van der Waals surface area (Å²) in [6, 6.07) is 14.1. The van der Waals surface area contributed by atoms with Crippen molar-refractivity contribution < 1.29 is 0 Å². The Hall–Kier alpha value is -3.12. The average Bonchev–Trinajstić information content (AvgIpc) is 3.48. The molecule has 1 aliphatic carbocycles. The summed E-state index contributed by atoms with van der Waals surface area (Å²) in [6.45, 7) is 10.8. The van der Waals surface area contributed by atoms with E-state index >= 15 is 0 Å². The molecule has 4 heterocycles. The van der Waals surface area contributed by atoms with E-state index in [2.05, 4.69) is 70.7 Å². The van der Waals surface area contributed by atoms with Gasteiger partial charge in [0, 0.05) is 59.7 Å². The van der Waals surface area contributed by atoms with Gasteiger partial charge in [-0.05, 0) is 51.0 Å². The molecule has 0 radical (unpaired) electrons. The molecular weight excluding hydrogens is 384 g/mol. The first-order valence-electron chi connectivity index (χ1n) is 11.2. The van der Waals surface area contributed by atoms with Crippen LogP contribution in [-0.2, 0) is 0 Å². The molecular formula is C25H28N6. The third kappa shape index (κ3) is 3.13. The number of imidazole rings is 1. The van der Waals surface area contributed by atoms with E-state index < -0.39 is 0 Å². The van der Waals surface area contributed by atoms with Crippen molar-refractivity contribution in [1.29, 1.82) is 0 Å². The van der Waals surface area contributed by atoms with Gasteiger partial charge in [0.1, 0.15) is 11.3 Å². The zero-order valence-corrected chi connectivity index (χ0v) is 18.1. The van der Waals surface area contributed by atoms with Crippen LogP contribution in [0.3, 0.4) is 0 Å². The molecule has 0 bridgehead atoms. The van der Waals surface area contributed by atoms with Crippen LogP contribution >= 0.6 is 0 Å². The number of aromatic nitrogens is 3. The van der Waals surface area contributed by atoms with E-state index in [0.717, 1.165) is 52.1 Å². The number of pyridine rings is 2. The Bertz CT molecular complexity index is 1310. The highest BCUT2D eigenvalue weighted by atomic mass is 15.2. The van der Waals surface area contributed by atoms with E-state index in [4.69, 9.17) is 9.97 Å². The van der Waals surface area contributed by atoms with E-state index in [-0.39, 0.29) is 0 Å². The van der Waals surface area contributed by atoms with Gasteiger partial charge in [-0.1, -0.05) is 18.7 Å². The Balaban J connectivity index is 1.63. The normalized spacial score (nSPS) is 21.8. The van der Waals surface area contributed by atoms with E-state index in [9.17, 15) is 0 Å². The molecule has 6 rings (SSSR count). The van der Waals surface area contributed by atoms with Crippen molar-refractivity contribution in [2.24, 2.45) is 0 Å². The topological polar surface area (TPSA) is 57.5 Å². The van der Waals surface area contributed by atoms with Gasteiger partial charge in [0.25, 0.3) is 0 Å².